The summed E-state index contributed by atoms with van der Waals surface area (Å²) in [5.74, 6) is -0.646. The van der Waals surface area contributed by atoms with Gasteiger partial charge in [-0.2, -0.15) is 0 Å². The minimum atomic E-state index is -4.44. The molecule has 3 aromatic rings. The molecule has 3 aromatic carbocycles. The van der Waals surface area contributed by atoms with Gasteiger partial charge in [-0.05, 0) is 89.2 Å². The maximum atomic E-state index is 15.8. The Kier molecular flexibility index (Phi) is 9.28. The van der Waals surface area contributed by atoms with Gasteiger partial charge in [0, 0.05) is 37.3 Å². The van der Waals surface area contributed by atoms with E-state index in [1.165, 1.54) is 31.4 Å². The fraction of sp³-hybridized carbons (Fsp3) is 0.424. The van der Waals surface area contributed by atoms with Gasteiger partial charge in [0.2, 0.25) is 0 Å². The molecule has 11 heteroatoms. The van der Waals surface area contributed by atoms with Crippen molar-refractivity contribution in [2.75, 3.05) is 44.6 Å². The van der Waals surface area contributed by atoms with Crippen LogP contribution in [0.2, 0.25) is 5.02 Å². The number of halogens is 2. The number of hydrogen-bond donors (Lipinski definition) is 0. The zero-order valence-electron chi connectivity index (χ0n) is 25.7. The molecular formula is C33H39ClFN3O5S. The number of likely N-dealkylation sites (N-methyl/N-ethyl adjacent to an activating group) is 1. The van der Waals surface area contributed by atoms with Gasteiger partial charge in [-0.25, -0.2) is 17.1 Å². The molecule has 2 atom stereocenters. The molecule has 0 aromatic heterocycles. The number of hydrogen-bond acceptors (Lipinski definition) is 7. The Bertz CT molecular complexity index is 1630. The quantitative estimate of drug-likeness (QED) is 0.280. The Hall–Kier alpha value is -3.18. The molecular weight excluding hydrogens is 605 g/mol. The van der Waals surface area contributed by atoms with Gasteiger partial charge in [-0.3, -0.25) is 4.79 Å². The number of nitrogens with zero attached hydrogens (tertiary/aromatic N) is 3. The summed E-state index contributed by atoms with van der Waals surface area (Å²) in [7, 11) is -0.931. The van der Waals surface area contributed by atoms with Crippen molar-refractivity contribution in [1.29, 1.82) is 0 Å². The number of piperazine rings is 1. The van der Waals surface area contributed by atoms with Crippen LogP contribution in [-0.2, 0) is 20.2 Å². The summed E-state index contributed by atoms with van der Waals surface area (Å²) in [6.45, 7) is 9.25. The van der Waals surface area contributed by atoms with Crippen LogP contribution in [-0.4, -0.2) is 76.6 Å². The lowest BCUT2D eigenvalue weighted by Crippen LogP contribution is -2.50. The van der Waals surface area contributed by atoms with E-state index in [9.17, 15) is 13.2 Å². The van der Waals surface area contributed by atoms with Crippen LogP contribution in [0.4, 0.5) is 10.1 Å². The monoisotopic (exact) mass is 643 g/mol. The SMILES string of the molecule is COc1cc2c(cc1Cl)C(CCCN1CCN(C)C(C)C1)(c1ccccc1F)C(=O)N2S(=O)(=O)c1ccc(OC(C)C)cc1. The van der Waals surface area contributed by atoms with Crippen molar-refractivity contribution in [2.45, 2.75) is 56.1 Å². The fourth-order valence-electron chi connectivity index (χ4n) is 6.25. The zero-order chi connectivity index (χ0) is 31.8. The summed E-state index contributed by atoms with van der Waals surface area (Å²) in [5.41, 5.74) is -1.11. The van der Waals surface area contributed by atoms with Gasteiger partial charge < -0.3 is 19.3 Å². The van der Waals surface area contributed by atoms with Crippen LogP contribution in [0.15, 0.2) is 65.6 Å². The van der Waals surface area contributed by atoms with E-state index in [4.69, 9.17) is 21.1 Å². The largest absolute Gasteiger partial charge is 0.495 e. The molecule has 2 unspecified atom stereocenters. The molecule has 44 heavy (non-hydrogen) atoms. The standard InChI is InChI=1S/C33H39ClFN3O5S/c1-22(2)43-24-11-13-25(14-12-24)44(40,41)38-30-20-31(42-5)28(34)19-27(30)33(32(38)39,26-9-6-7-10-29(26)35)15-8-16-37-18-17-36(4)23(3)21-37/h6-7,9-14,19-20,22-23H,8,15-18,21H2,1-5H3. The molecule has 8 nitrogen and oxygen atoms in total. The molecule has 2 heterocycles. The van der Waals surface area contributed by atoms with Crippen LogP contribution < -0.4 is 13.8 Å². The van der Waals surface area contributed by atoms with E-state index in [2.05, 4.69) is 23.8 Å². The average molecular weight is 644 g/mol. The lowest BCUT2D eigenvalue weighted by atomic mass is 9.71. The molecule has 1 fully saturated rings. The van der Waals surface area contributed by atoms with Crippen LogP contribution in [0.1, 0.15) is 44.7 Å². The third-order valence-electron chi connectivity index (χ3n) is 8.64. The Morgan fingerprint density at radius 2 is 1.77 bits per heavy atom. The molecule has 236 valence electrons. The number of anilines is 1. The van der Waals surface area contributed by atoms with Crippen molar-refractivity contribution >= 4 is 33.2 Å². The normalized spacial score (nSPS) is 21.1. The Labute approximate surface area is 264 Å². The van der Waals surface area contributed by atoms with E-state index in [0.29, 0.717) is 30.3 Å². The second kappa shape index (κ2) is 12.7. The van der Waals surface area contributed by atoms with Crippen molar-refractivity contribution in [3.05, 3.63) is 82.6 Å². The average Bonchev–Trinajstić information content (AvgIpc) is 3.22. The van der Waals surface area contributed by atoms with E-state index >= 15 is 4.39 Å². The predicted molar refractivity (Wildman–Crippen MR) is 170 cm³/mol. The van der Waals surface area contributed by atoms with E-state index in [0.717, 1.165) is 23.9 Å². The molecule has 0 spiro atoms. The molecule has 2 aliphatic rings. The highest BCUT2D eigenvalue weighted by Crippen LogP contribution is 2.53. The van der Waals surface area contributed by atoms with Gasteiger partial charge in [-0.1, -0.05) is 29.8 Å². The molecule has 0 N–H and O–H groups in total. The van der Waals surface area contributed by atoms with E-state index in [1.54, 1.807) is 36.4 Å². The van der Waals surface area contributed by atoms with Gasteiger partial charge in [0.05, 0.1) is 28.8 Å². The molecule has 1 amide bonds. The first-order chi connectivity index (χ1) is 20.9. The first-order valence-corrected chi connectivity index (χ1v) is 16.6. The highest BCUT2D eigenvalue weighted by Gasteiger charge is 2.57. The molecule has 0 bridgehead atoms. The molecule has 5 rings (SSSR count). The number of methoxy groups -OCH3 is 1. The number of fused-ring (bicyclic) bond motifs is 1. The lowest BCUT2D eigenvalue weighted by Gasteiger charge is -2.38. The first kappa shape index (κ1) is 32.2. The number of rotatable bonds is 10. The molecule has 0 saturated carbocycles. The topological polar surface area (TPSA) is 79.4 Å². The highest BCUT2D eigenvalue weighted by molar-refractivity contribution is 7.93. The van der Waals surface area contributed by atoms with Crippen molar-refractivity contribution < 1.29 is 27.1 Å². The van der Waals surface area contributed by atoms with Crippen LogP contribution in [0.5, 0.6) is 11.5 Å². The Morgan fingerprint density at radius 1 is 1.07 bits per heavy atom. The first-order valence-electron chi connectivity index (χ1n) is 14.8. The minimum absolute atomic E-state index is 0.0928. The fourth-order valence-corrected chi connectivity index (χ4v) is 7.97. The van der Waals surface area contributed by atoms with Crippen LogP contribution >= 0.6 is 11.6 Å². The summed E-state index contributed by atoms with van der Waals surface area (Å²) in [6, 6.07) is 15.4. The minimum Gasteiger partial charge on any atom is -0.495 e. The van der Waals surface area contributed by atoms with Crippen LogP contribution in [0.3, 0.4) is 0 Å². The summed E-state index contributed by atoms with van der Waals surface area (Å²) in [6.07, 6.45) is 0.600. The molecule has 2 aliphatic heterocycles. The predicted octanol–water partition coefficient (Wildman–Crippen LogP) is 5.71. The third kappa shape index (κ3) is 5.80. The van der Waals surface area contributed by atoms with Crippen molar-refractivity contribution in [1.82, 2.24) is 9.80 Å². The maximum Gasteiger partial charge on any atom is 0.270 e. The summed E-state index contributed by atoms with van der Waals surface area (Å²) in [5, 5.41) is 0.196. The van der Waals surface area contributed by atoms with E-state index in [-0.39, 0.29) is 39.4 Å². The summed E-state index contributed by atoms with van der Waals surface area (Å²) >= 11 is 6.61. The number of benzene rings is 3. The molecule has 1 saturated heterocycles. The number of carbonyl (C=O) groups excluding carboxylic acids is 1. The van der Waals surface area contributed by atoms with Crippen molar-refractivity contribution in [3.8, 4) is 11.5 Å². The Balaban J connectivity index is 1.62. The number of carbonyl (C=O) groups is 1. The van der Waals surface area contributed by atoms with E-state index in [1.807, 2.05) is 13.8 Å². The number of ether oxygens (including phenoxy) is 2. The van der Waals surface area contributed by atoms with Crippen molar-refractivity contribution in [2.24, 2.45) is 0 Å². The summed E-state index contributed by atoms with van der Waals surface area (Å²) < 4.78 is 56.3. The van der Waals surface area contributed by atoms with Gasteiger partial charge in [-0.15, -0.1) is 0 Å². The molecule has 0 radical (unpaired) electrons. The van der Waals surface area contributed by atoms with Crippen molar-refractivity contribution in [3.63, 3.8) is 0 Å². The van der Waals surface area contributed by atoms with Gasteiger partial charge >= 0.3 is 0 Å². The van der Waals surface area contributed by atoms with Gasteiger partial charge in [0.15, 0.2) is 0 Å². The van der Waals surface area contributed by atoms with Gasteiger partial charge in [0.1, 0.15) is 22.7 Å². The molecule has 0 aliphatic carbocycles. The second-order valence-corrected chi connectivity index (χ2v) is 14.0. The lowest BCUT2D eigenvalue weighted by molar-refractivity contribution is -0.121. The van der Waals surface area contributed by atoms with Gasteiger partial charge in [0.25, 0.3) is 15.9 Å². The highest BCUT2D eigenvalue weighted by atomic mass is 35.5. The zero-order valence-corrected chi connectivity index (χ0v) is 27.3. The van der Waals surface area contributed by atoms with Crippen LogP contribution in [0.25, 0.3) is 0 Å². The maximum absolute atomic E-state index is 15.8. The Morgan fingerprint density at radius 3 is 2.41 bits per heavy atom. The number of amides is 1. The summed E-state index contributed by atoms with van der Waals surface area (Å²) in [4.78, 5) is 19.3. The second-order valence-electron chi connectivity index (χ2n) is 11.8. The third-order valence-corrected chi connectivity index (χ3v) is 10.6. The van der Waals surface area contributed by atoms with Crippen LogP contribution in [0, 0.1) is 5.82 Å². The smallest absolute Gasteiger partial charge is 0.270 e. The number of sulfonamides is 1. The van der Waals surface area contributed by atoms with E-state index < -0.39 is 27.2 Å².